The van der Waals surface area contributed by atoms with Gasteiger partial charge in [-0.3, -0.25) is 0 Å². The number of rotatable bonds is 8. The van der Waals surface area contributed by atoms with Crippen LogP contribution in [0.25, 0.3) is 0 Å². The molecule has 2 heterocycles. The molecule has 2 aliphatic carbocycles. The van der Waals surface area contributed by atoms with E-state index in [1.165, 1.54) is 22.6 Å². The third kappa shape index (κ3) is 3.85. The Morgan fingerprint density at radius 1 is 0.697 bits per heavy atom. The van der Waals surface area contributed by atoms with E-state index < -0.39 is 0 Å². The van der Waals surface area contributed by atoms with Crippen molar-refractivity contribution in [3.63, 3.8) is 0 Å². The first-order chi connectivity index (χ1) is 16.3. The lowest BCUT2D eigenvalue weighted by Gasteiger charge is -2.22. The van der Waals surface area contributed by atoms with Gasteiger partial charge in [-0.25, -0.2) is 0 Å². The summed E-state index contributed by atoms with van der Waals surface area (Å²) in [5, 5.41) is 9.19. The maximum atomic E-state index is 5.98. The predicted octanol–water partition coefficient (Wildman–Crippen LogP) is 4.74. The molecule has 6 rings (SSSR count). The molecule has 2 saturated carbocycles. The lowest BCUT2D eigenvalue weighted by atomic mass is 9.78. The monoisotopic (exact) mass is 446 g/mol. The molecule has 0 bridgehead atoms. The van der Waals surface area contributed by atoms with Crippen LogP contribution in [0.1, 0.15) is 36.8 Å². The molecule has 2 aromatic carbocycles. The van der Waals surface area contributed by atoms with Crippen LogP contribution in [-0.4, -0.2) is 36.8 Å². The number of hydrogen-bond acceptors (Lipinski definition) is 6. The van der Waals surface area contributed by atoms with Crippen molar-refractivity contribution in [1.82, 2.24) is 0 Å². The van der Waals surface area contributed by atoms with Crippen molar-refractivity contribution in [1.29, 1.82) is 0 Å². The molecule has 0 saturated heterocycles. The second-order valence-electron chi connectivity index (χ2n) is 9.61. The molecule has 4 aliphatic rings. The van der Waals surface area contributed by atoms with Crippen LogP contribution in [-0.2, 0) is 32.4 Å². The average molecular weight is 447 g/mol. The van der Waals surface area contributed by atoms with E-state index in [2.05, 4.69) is 34.6 Å². The van der Waals surface area contributed by atoms with Crippen molar-refractivity contribution >= 4 is 11.4 Å². The molecule has 2 fully saturated rings. The lowest BCUT2D eigenvalue weighted by Crippen LogP contribution is -2.36. The Hall–Kier alpha value is -2.70. The van der Waals surface area contributed by atoms with E-state index in [0.717, 1.165) is 25.7 Å². The largest absolute Gasteiger partial charge is 0.389 e. The van der Waals surface area contributed by atoms with E-state index >= 15 is 0 Å². The summed E-state index contributed by atoms with van der Waals surface area (Å²) in [6.07, 6.45) is 4.28. The molecule has 2 aliphatic heterocycles. The van der Waals surface area contributed by atoms with Crippen LogP contribution in [0.3, 0.4) is 0 Å². The Bertz CT molecular complexity index is 939. The molecular formula is C27H30N2O4. The van der Waals surface area contributed by atoms with Crippen LogP contribution in [0.5, 0.6) is 0 Å². The highest BCUT2D eigenvalue weighted by Gasteiger charge is 2.61. The fraction of sp³-hybridized carbons (Fsp3) is 0.481. The Morgan fingerprint density at radius 2 is 1.15 bits per heavy atom. The molecule has 1 spiro atoms. The molecular weight excluding hydrogens is 416 g/mol. The zero-order valence-electron chi connectivity index (χ0n) is 18.8. The number of nitrogens with zero attached hydrogens (tertiary/aromatic N) is 2. The maximum Gasteiger partial charge on any atom is 0.158 e. The molecule has 0 amide bonds. The van der Waals surface area contributed by atoms with Crippen molar-refractivity contribution in [2.24, 2.45) is 27.6 Å². The van der Waals surface area contributed by atoms with Gasteiger partial charge in [0.05, 0.1) is 43.3 Å². The van der Waals surface area contributed by atoms with Gasteiger partial charge >= 0.3 is 0 Å². The lowest BCUT2D eigenvalue weighted by molar-refractivity contribution is -0.0216. The highest BCUT2D eigenvalue weighted by atomic mass is 16.7. The Labute approximate surface area is 194 Å². The van der Waals surface area contributed by atoms with Crippen LogP contribution in [0, 0.1) is 17.3 Å². The average Bonchev–Trinajstić information content (AvgIpc) is 3.61. The minimum Gasteiger partial charge on any atom is -0.389 e. The predicted molar refractivity (Wildman–Crippen MR) is 125 cm³/mol. The van der Waals surface area contributed by atoms with Gasteiger partial charge in [0.15, 0.2) is 12.2 Å². The molecule has 2 unspecified atom stereocenters. The first kappa shape index (κ1) is 20.9. The summed E-state index contributed by atoms with van der Waals surface area (Å²) in [5.41, 5.74) is 4.61. The number of oxime groups is 2. The first-order valence-electron chi connectivity index (χ1n) is 12.1. The molecule has 0 aromatic heterocycles. The number of benzene rings is 2. The number of hydrogen-bond donors (Lipinski definition) is 0. The normalized spacial score (nSPS) is 31.6. The smallest absolute Gasteiger partial charge is 0.158 e. The highest BCUT2D eigenvalue weighted by molar-refractivity contribution is 6.16. The maximum absolute atomic E-state index is 5.98. The zero-order chi connectivity index (χ0) is 22.1. The summed E-state index contributed by atoms with van der Waals surface area (Å²) in [4.78, 5) is 11.8. The molecule has 2 aromatic rings. The molecule has 5 atom stereocenters. The summed E-state index contributed by atoms with van der Waals surface area (Å²) in [5.74, 6) is 0.631. The molecule has 33 heavy (non-hydrogen) atoms. The second-order valence-corrected chi connectivity index (χ2v) is 9.61. The second kappa shape index (κ2) is 8.92. The highest BCUT2D eigenvalue weighted by Crippen LogP contribution is 2.56. The number of ether oxygens (including phenoxy) is 2. The summed E-state index contributed by atoms with van der Waals surface area (Å²) in [7, 11) is 0. The topological polar surface area (TPSA) is 61.6 Å². The van der Waals surface area contributed by atoms with Gasteiger partial charge in [-0.15, -0.1) is 0 Å². The van der Waals surface area contributed by atoms with Gasteiger partial charge in [0.1, 0.15) is 0 Å². The first-order valence-corrected chi connectivity index (χ1v) is 12.1. The standard InChI is InChI=1S/C27H30N2O4/c1-3-7-19(8-4-1)15-30-17-23-21-11-13-27(25(21)28-32-23)14-12-22-24(33-29-26(22)27)18-31-16-20-9-5-2-6-10-20/h1-10,21-24H,11-18H2/t21-,22-,23+,24?,27?/m1/s1. The molecule has 6 heteroatoms. The SMILES string of the molecule is c1ccc(COCC2ON=C3[C@@H]2CCC32CC[C@H]3C2=NO[C@H]3COCc2ccccc2)cc1. The van der Waals surface area contributed by atoms with E-state index in [9.17, 15) is 0 Å². The zero-order valence-corrected chi connectivity index (χ0v) is 18.8. The van der Waals surface area contributed by atoms with Crippen LogP contribution < -0.4 is 0 Å². The summed E-state index contributed by atoms with van der Waals surface area (Å²) in [6.45, 7) is 2.32. The minimum absolute atomic E-state index is 0.00457. The van der Waals surface area contributed by atoms with Gasteiger partial charge < -0.3 is 19.1 Å². The summed E-state index contributed by atoms with van der Waals surface area (Å²) < 4.78 is 12.0. The van der Waals surface area contributed by atoms with Crippen LogP contribution in [0.2, 0.25) is 0 Å². The van der Waals surface area contributed by atoms with Gasteiger partial charge in [-0.05, 0) is 36.8 Å². The van der Waals surface area contributed by atoms with Crippen LogP contribution in [0.15, 0.2) is 71.0 Å². The Morgan fingerprint density at radius 3 is 1.61 bits per heavy atom. The summed E-state index contributed by atoms with van der Waals surface area (Å²) >= 11 is 0. The quantitative estimate of drug-likeness (QED) is 0.588. The third-order valence-electron chi connectivity index (χ3n) is 7.71. The Kier molecular flexibility index (Phi) is 5.64. The number of fused-ring (bicyclic) bond motifs is 4. The van der Waals surface area contributed by atoms with Crippen molar-refractivity contribution in [2.75, 3.05) is 13.2 Å². The van der Waals surface area contributed by atoms with Gasteiger partial charge in [0.2, 0.25) is 0 Å². The van der Waals surface area contributed by atoms with Crippen molar-refractivity contribution in [2.45, 2.75) is 51.1 Å². The Balaban J connectivity index is 1.04. The molecule has 6 nitrogen and oxygen atoms in total. The van der Waals surface area contributed by atoms with E-state index in [4.69, 9.17) is 19.1 Å². The van der Waals surface area contributed by atoms with E-state index in [-0.39, 0.29) is 17.6 Å². The van der Waals surface area contributed by atoms with E-state index in [1.54, 1.807) is 0 Å². The van der Waals surface area contributed by atoms with E-state index in [0.29, 0.717) is 38.3 Å². The fourth-order valence-electron chi connectivity index (χ4n) is 6.01. The van der Waals surface area contributed by atoms with Crippen LogP contribution in [0.4, 0.5) is 0 Å². The van der Waals surface area contributed by atoms with Gasteiger partial charge in [-0.2, -0.15) is 0 Å². The van der Waals surface area contributed by atoms with Gasteiger partial charge in [-0.1, -0.05) is 71.0 Å². The van der Waals surface area contributed by atoms with Gasteiger partial charge in [0.25, 0.3) is 0 Å². The van der Waals surface area contributed by atoms with Crippen molar-refractivity contribution in [3.05, 3.63) is 71.8 Å². The molecule has 0 radical (unpaired) electrons. The minimum atomic E-state index is -0.0856. The third-order valence-corrected chi connectivity index (χ3v) is 7.71. The van der Waals surface area contributed by atoms with Crippen molar-refractivity contribution < 1.29 is 19.1 Å². The van der Waals surface area contributed by atoms with Gasteiger partial charge in [0, 0.05) is 11.8 Å². The molecule has 0 N–H and O–H groups in total. The fourth-order valence-corrected chi connectivity index (χ4v) is 6.01. The molecule has 172 valence electrons. The summed E-state index contributed by atoms with van der Waals surface area (Å²) in [6, 6.07) is 20.5. The van der Waals surface area contributed by atoms with E-state index in [1.807, 2.05) is 36.4 Å². The van der Waals surface area contributed by atoms with Crippen LogP contribution >= 0.6 is 0 Å². The van der Waals surface area contributed by atoms with Crippen molar-refractivity contribution in [3.8, 4) is 0 Å².